The van der Waals surface area contributed by atoms with Gasteiger partial charge < -0.3 is 4.74 Å². The van der Waals surface area contributed by atoms with E-state index in [0.717, 1.165) is 11.1 Å². The highest BCUT2D eigenvalue weighted by Gasteiger charge is 2.18. The SMILES string of the molecule is CC(C)(C)OC(=O)CCNS(=O)(=O)c1ccc(-c2ccccc2)cc1. The van der Waals surface area contributed by atoms with Crippen LogP contribution < -0.4 is 4.72 Å². The molecule has 0 amide bonds. The molecule has 5 nitrogen and oxygen atoms in total. The molecule has 1 N–H and O–H groups in total. The molecule has 0 radical (unpaired) electrons. The first kappa shape index (κ1) is 19.1. The molecule has 0 aliphatic heterocycles. The number of ether oxygens (including phenoxy) is 1. The molecular formula is C19H23NO4S. The maximum Gasteiger partial charge on any atom is 0.307 e. The van der Waals surface area contributed by atoms with Crippen LogP contribution in [0.2, 0.25) is 0 Å². The zero-order valence-corrected chi connectivity index (χ0v) is 15.5. The summed E-state index contributed by atoms with van der Waals surface area (Å²) in [6.07, 6.45) is -0.0153. The van der Waals surface area contributed by atoms with Crippen LogP contribution in [0, 0.1) is 0 Å². The minimum Gasteiger partial charge on any atom is -0.460 e. The third kappa shape index (κ3) is 5.99. The highest BCUT2D eigenvalue weighted by molar-refractivity contribution is 7.89. The third-order valence-electron chi connectivity index (χ3n) is 3.31. The number of nitrogens with one attached hydrogen (secondary N) is 1. The van der Waals surface area contributed by atoms with Gasteiger partial charge in [0, 0.05) is 6.54 Å². The Labute approximate surface area is 149 Å². The van der Waals surface area contributed by atoms with Gasteiger partial charge in [0.2, 0.25) is 10.0 Å². The van der Waals surface area contributed by atoms with Gasteiger partial charge in [-0.2, -0.15) is 0 Å². The standard InChI is InChI=1S/C19H23NO4S/c1-19(2,3)24-18(21)13-14-20-25(22,23)17-11-9-16(10-12-17)15-7-5-4-6-8-15/h4-12,20H,13-14H2,1-3H3. The number of esters is 1. The van der Waals surface area contributed by atoms with Crippen molar-refractivity contribution in [3.63, 3.8) is 0 Å². The molecule has 0 saturated carbocycles. The molecule has 2 aromatic carbocycles. The molecule has 0 bridgehead atoms. The molecule has 134 valence electrons. The van der Waals surface area contributed by atoms with Crippen molar-refractivity contribution in [2.45, 2.75) is 37.7 Å². The minimum absolute atomic E-state index is 0.00230. The molecule has 0 atom stereocenters. The van der Waals surface area contributed by atoms with Crippen molar-refractivity contribution in [2.24, 2.45) is 0 Å². The Morgan fingerprint density at radius 3 is 2.08 bits per heavy atom. The van der Waals surface area contributed by atoms with Crippen LogP contribution in [0.25, 0.3) is 11.1 Å². The number of rotatable bonds is 6. The van der Waals surface area contributed by atoms with Crippen LogP contribution in [0.3, 0.4) is 0 Å². The highest BCUT2D eigenvalue weighted by atomic mass is 32.2. The van der Waals surface area contributed by atoms with Gasteiger partial charge in [-0.15, -0.1) is 0 Å². The first-order valence-corrected chi connectivity index (χ1v) is 9.53. The molecule has 0 saturated heterocycles. The summed E-state index contributed by atoms with van der Waals surface area (Å²) >= 11 is 0. The first-order valence-electron chi connectivity index (χ1n) is 8.04. The minimum atomic E-state index is -3.66. The Balaban J connectivity index is 1.97. The van der Waals surface area contributed by atoms with E-state index in [1.165, 1.54) is 0 Å². The van der Waals surface area contributed by atoms with Crippen molar-refractivity contribution in [2.75, 3.05) is 6.54 Å². The van der Waals surface area contributed by atoms with E-state index in [9.17, 15) is 13.2 Å². The lowest BCUT2D eigenvalue weighted by atomic mass is 10.1. The second-order valence-corrected chi connectivity index (χ2v) is 8.39. The Bertz CT molecular complexity index is 807. The van der Waals surface area contributed by atoms with Crippen LogP contribution in [0.15, 0.2) is 59.5 Å². The predicted octanol–water partition coefficient (Wildman–Crippen LogP) is 3.36. The Morgan fingerprint density at radius 2 is 1.52 bits per heavy atom. The summed E-state index contributed by atoms with van der Waals surface area (Å²) in [5, 5.41) is 0. The quantitative estimate of drug-likeness (QED) is 0.801. The maximum atomic E-state index is 12.3. The Morgan fingerprint density at radius 1 is 0.960 bits per heavy atom. The van der Waals surface area contributed by atoms with Crippen molar-refractivity contribution < 1.29 is 17.9 Å². The third-order valence-corrected chi connectivity index (χ3v) is 4.79. The van der Waals surface area contributed by atoms with E-state index in [4.69, 9.17) is 4.74 Å². The molecule has 0 aliphatic rings. The van der Waals surface area contributed by atoms with Gasteiger partial charge in [-0.3, -0.25) is 4.79 Å². The summed E-state index contributed by atoms with van der Waals surface area (Å²) in [4.78, 5) is 11.8. The lowest BCUT2D eigenvalue weighted by Crippen LogP contribution is -2.29. The molecule has 0 aromatic heterocycles. The largest absolute Gasteiger partial charge is 0.460 e. The fourth-order valence-electron chi connectivity index (χ4n) is 2.22. The molecule has 2 rings (SSSR count). The molecule has 0 heterocycles. The molecule has 2 aromatic rings. The fourth-order valence-corrected chi connectivity index (χ4v) is 3.25. The Hall–Kier alpha value is -2.18. The average Bonchev–Trinajstić information content (AvgIpc) is 2.54. The summed E-state index contributed by atoms with van der Waals surface area (Å²) in [6.45, 7) is 5.30. The van der Waals surface area contributed by atoms with Gasteiger partial charge in [0.15, 0.2) is 0 Å². The van der Waals surface area contributed by atoms with Gasteiger partial charge >= 0.3 is 5.97 Å². The zero-order chi connectivity index (χ0) is 18.5. The van der Waals surface area contributed by atoms with Crippen molar-refractivity contribution in [3.05, 3.63) is 54.6 Å². The molecule has 6 heteroatoms. The summed E-state index contributed by atoms with van der Waals surface area (Å²) in [6, 6.07) is 16.3. The number of benzene rings is 2. The molecule has 25 heavy (non-hydrogen) atoms. The van der Waals surface area contributed by atoms with Gasteiger partial charge in [-0.1, -0.05) is 42.5 Å². The number of carbonyl (C=O) groups excluding carboxylic acids is 1. The smallest absolute Gasteiger partial charge is 0.307 e. The van der Waals surface area contributed by atoms with Gasteiger partial charge in [0.05, 0.1) is 11.3 Å². The molecule has 0 aliphatic carbocycles. The summed E-state index contributed by atoms with van der Waals surface area (Å²) in [7, 11) is -3.66. The summed E-state index contributed by atoms with van der Waals surface area (Å²) in [5.41, 5.74) is 1.38. The summed E-state index contributed by atoms with van der Waals surface area (Å²) in [5.74, 6) is -0.436. The van der Waals surface area contributed by atoms with Crippen LogP contribution in [0.1, 0.15) is 27.2 Å². The summed E-state index contributed by atoms with van der Waals surface area (Å²) < 4.78 is 32.1. The van der Waals surface area contributed by atoms with Gasteiger partial charge in [0.25, 0.3) is 0 Å². The molecular weight excluding hydrogens is 338 g/mol. The van der Waals surface area contributed by atoms with Gasteiger partial charge in [-0.25, -0.2) is 13.1 Å². The number of hydrogen-bond acceptors (Lipinski definition) is 4. The van der Waals surface area contributed by atoms with Crippen molar-refractivity contribution in [3.8, 4) is 11.1 Å². The van der Waals surface area contributed by atoms with Crippen LogP contribution in [0.4, 0.5) is 0 Å². The lowest BCUT2D eigenvalue weighted by Gasteiger charge is -2.19. The van der Waals surface area contributed by atoms with E-state index in [1.54, 1.807) is 45.0 Å². The van der Waals surface area contributed by atoms with E-state index in [2.05, 4.69) is 4.72 Å². The molecule has 0 spiro atoms. The zero-order valence-electron chi connectivity index (χ0n) is 14.7. The fraction of sp³-hybridized carbons (Fsp3) is 0.316. The number of sulfonamides is 1. The van der Waals surface area contributed by atoms with Crippen LogP contribution in [-0.4, -0.2) is 26.5 Å². The van der Waals surface area contributed by atoms with Crippen LogP contribution in [-0.2, 0) is 19.6 Å². The topological polar surface area (TPSA) is 72.5 Å². The van der Waals surface area contributed by atoms with E-state index >= 15 is 0 Å². The average molecular weight is 361 g/mol. The monoisotopic (exact) mass is 361 g/mol. The van der Waals surface area contributed by atoms with E-state index in [1.807, 2.05) is 30.3 Å². The second kappa shape index (κ2) is 7.80. The Kier molecular flexibility index (Phi) is 5.98. The highest BCUT2D eigenvalue weighted by Crippen LogP contribution is 2.20. The number of hydrogen-bond donors (Lipinski definition) is 1. The van der Waals surface area contributed by atoms with Gasteiger partial charge in [-0.05, 0) is 44.0 Å². The predicted molar refractivity (Wildman–Crippen MR) is 97.5 cm³/mol. The van der Waals surface area contributed by atoms with Gasteiger partial charge in [0.1, 0.15) is 5.60 Å². The van der Waals surface area contributed by atoms with E-state index in [0.29, 0.717) is 0 Å². The molecule has 0 fully saturated rings. The van der Waals surface area contributed by atoms with Crippen LogP contribution >= 0.6 is 0 Å². The van der Waals surface area contributed by atoms with Crippen molar-refractivity contribution in [1.82, 2.24) is 4.72 Å². The maximum absolute atomic E-state index is 12.3. The second-order valence-electron chi connectivity index (χ2n) is 6.62. The first-order chi connectivity index (χ1) is 11.7. The van der Waals surface area contributed by atoms with Crippen LogP contribution in [0.5, 0.6) is 0 Å². The van der Waals surface area contributed by atoms with E-state index < -0.39 is 21.6 Å². The molecule has 0 unspecified atom stereocenters. The van der Waals surface area contributed by atoms with Crippen molar-refractivity contribution in [1.29, 1.82) is 0 Å². The number of carbonyl (C=O) groups is 1. The lowest BCUT2D eigenvalue weighted by molar-refractivity contribution is -0.154. The normalized spacial score (nSPS) is 12.0. The van der Waals surface area contributed by atoms with Crippen molar-refractivity contribution >= 4 is 16.0 Å². The van der Waals surface area contributed by atoms with E-state index in [-0.39, 0.29) is 17.9 Å².